The zero-order valence-electron chi connectivity index (χ0n) is 20.3. The summed E-state index contributed by atoms with van der Waals surface area (Å²) >= 11 is 0. The molecular weight excluding hydrogens is 454 g/mol. The SMILES string of the molecule is COc1ccccc1CNC(=O)CC(c1ccc(OC)c(OC)c1OC)c1c(O)cc(C)oc1=O. The molecule has 0 bridgehead atoms. The zero-order chi connectivity index (χ0) is 25.5. The number of hydrogen-bond acceptors (Lipinski definition) is 8. The van der Waals surface area contributed by atoms with Crippen LogP contribution in [0.3, 0.4) is 0 Å². The van der Waals surface area contributed by atoms with Crippen LogP contribution >= 0.6 is 0 Å². The molecule has 3 rings (SSSR count). The van der Waals surface area contributed by atoms with Crippen molar-refractivity contribution < 1.29 is 33.3 Å². The van der Waals surface area contributed by atoms with Crippen LogP contribution < -0.4 is 29.9 Å². The van der Waals surface area contributed by atoms with E-state index in [4.69, 9.17) is 23.4 Å². The molecule has 2 aromatic carbocycles. The number of carbonyl (C=O) groups excluding carboxylic acids is 1. The van der Waals surface area contributed by atoms with Crippen molar-refractivity contribution in [2.75, 3.05) is 28.4 Å². The van der Waals surface area contributed by atoms with Crippen molar-refractivity contribution in [3.05, 3.63) is 75.3 Å². The van der Waals surface area contributed by atoms with Crippen molar-refractivity contribution in [3.63, 3.8) is 0 Å². The summed E-state index contributed by atoms with van der Waals surface area (Å²) in [5, 5.41) is 13.5. The maximum Gasteiger partial charge on any atom is 0.343 e. The van der Waals surface area contributed by atoms with Crippen LogP contribution in [0.4, 0.5) is 0 Å². The Labute approximate surface area is 203 Å². The van der Waals surface area contributed by atoms with Crippen LogP contribution in [-0.4, -0.2) is 39.5 Å². The number of benzene rings is 2. The summed E-state index contributed by atoms with van der Waals surface area (Å²) in [6.07, 6.45) is -0.178. The van der Waals surface area contributed by atoms with Gasteiger partial charge in [-0.15, -0.1) is 0 Å². The lowest BCUT2D eigenvalue weighted by atomic mass is 9.87. The molecule has 1 amide bonds. The van der Waals surface area contributed by atoms with Crippen LogP contribution in [0, 0.1) is 6.92 Å². The van der Waals surface area contributed by atoms with Crippen molar-refractivity contribution in [2.24, 2.45) is 0 Å². The molecule has 0 aliphatic heterocycles. The Hall–Kier alpha value is -4.14. The van der Waals surface area contributed by atoms with E-state index in [1.54, 1.807) is 32.2 Å². The second kappa shape index (κ2) is 11.3. The van der Waals surface area contributed by atoms with E-state index in [2.05, 4.69) is 5.32 Å². The molecule has 1 atom stereocenters. The van der Waals surface area contributed by atoms with E-state index in [9.17, 15) is 14.7 Å². The minimum absolute atomic E-state index is 0.0615. The summed E-state index contributed by atoms with van der Waals surface area (Å²) < 4.78 is 27.0. The Kier molecular flexibility index (Phi) is 8.25. The van der Waals surface area contributed by atoms with Crippen LogP contribution in [-0.2, 0) is 11.3 Å². The average molecular weight is 484 g/mol. The molecule has 0 spiro atoms. The molecule has 0 aliphatic rings. The first-order valence-electron chi connectivity index (χ1n) is 10.9. The van der Waals surface area contributed by atoms with E-state index >= 15 is 0 Å². The predicted octanol–water partition coefficient (Wildman–Crippen LogP) is 3.53. The number of hydrogen-bond donors (Lipinski definition) is 2. The van der Waals surface area contributed by atoms with Crippen LogP contribution in [0.2, 0.25) is 0 Å². The first-order valence-corrected chi connectivity index (χ1v) is 10.9. The Morgan fingerprint density at radius 1 is 0.971 bits per heavy atom. The second-order valence-corrected chi connectivity index (χ2v) is 7.71. The maximum absolute atomic E-state index is 13.1. The number of amides is 1. The fourth-order valence-electron chi connectivity index (χ4n) is 3.99. The molecule has 1 unspecified atom stereocenters. The van der Waals surface area contributed by atoms with Crippen LogP contribution in [0.5, 0.6) is 28.7 Å². The Balaban J connectivity index is 2.04. The lowest BCUT2D eigenvalue weighted by Gasteiger charge is -2.22. The van der Waals surface area contributed by atoms with E-state index in [1.807, 2.05) is 18.2 Å². The largest absolute Gasteiger partial charge is 0.507 e. The van der Waals surface area contributed by atoms with Crippen LogP contribution in [0.25, 0.3) is 0 Å². The first-order chi connectivity index (χ1) is 16.8. The number of methoxy groups -OCH3 is 4. The number of para-hydroxylation sites is 1. The molecule has 1 heterocycles. The molecule has 9 nitrogen and oxygen atoms in total. The van der Waals surface area contributed by atoms with E-state index < -0.39 is 11.5 Å². The van der Waals surface area contributed by atoms with Gasteiger partial charge in [0.25, 0.3) is 0 Å². The van der Waals surface area contributed by atoms with Crippen LogP contribution in [0.1, 0.15) is 34.8 Å². The molecular formula is C26H29NO8. The highest BCUT2D eigenvalue weighted by Crippen LogP contribution is 2.45. The van der Waals surface area contributed by atoms with Gasteiger partial charge in [-0.05, 0) is 19.1 Å². The third-order valence-electron chi connectivity index (χ3n) is 5.61. The van der Waals surface area contributed by atoms with Gasteiger partial charge in [0.2, 0.25) is 11.7 Å². The molecule has 9 heteroatoms. The van der Waals surface area contributed by atoms with Gasteiger partial charge >= 0.3 is 5.63 Å². The molecule has 35 heavy (non-hydrogen) atoms. The van der Waals surface area contributed by atoms with Gasteiger partial charge in [0, 0.05) is 36.1 Å². The minimum atomic E-state index is -0.903. The zero-order valence-corrected chi connectivity index (χ0v) is 20.3. The van der Waals surface area contributed by atoms with E-state index in [0.717, 1.165) is 5.56 Å². The van der Waals surface area contributed by atoms with Crippen molar-refractivity contribution in [1.29, 1.82) is 0 Å². The number of rotatable bonds is 10. The lowest BCUT2D eigenvalue weighted by Crippen LogP contribution is -2.27. The summed E-state index contributed by atoms with van der Waals surface area (Å²) in [5.74, 6) is 0.316. The monoisotopic (exact) mass is 483 g/mol. The van der Waals surface area contributed by atoms with Crippen molar-refractivity contribution in [2.45, 2.75) is 25.8 Å². The molecule has 2 N–H and O–H groups in total. The van der Waals surface area contributed by atoms with Gasteiger partial charge in [-0.25, -0.2) is 4.79 Å². The topological polar surface area (TPSA) is 116 Å². The molecule has 0 saturated carbocycles. The molecule has 0 aliphatic carbocycles. The minimum Gasteiger partial charge on any atom is -0.507 e. The van der Waals surface area contributed by atoms with Gasteiger partial charge in [-0.1, -0.05) is 24.3 Å². The summed E-state index contributed by atoms with van der Waals surface area (Å²) in [6.45, 7) is 1.77. The summed E-state index contributed by atoms with van der Waals surface area (Å²) in [7, 11) is 5.94. The first kappa shape index (κ1) is 25.5. The van der Waals surface area contributed by atoms with E-state index in [-0.39, 0.29) is 41.7 Å². The lowest BCUT2D eigenvalue weighted by molar-refractivity contribution is -0.121. The van der Waals surface area contributed by atoms with Crippen molar-refractivity contribution in [1.82, 2.24) is 5.32 Å². The van der Waals surface area contributed by atoms with Gasteiger partial charge in [-0.3, -0.25) is 4.79 Å². The number of carbonyl (C=O) groups is 1. The number of nitrogens with one attached hydrogen (secondary N) is 1. The van der Waals surface area contributed by atoms with Crippen molar-refractivity contribution in [3.8, 4) is 28.7 Å². The molecule has 0 fully saturated rings. The molecule has 1 aromatic heterocycles. The fourth-order valence-corrected chi connectivity index (χ4v) is 3.99. The number of aromatic hydroxyl groups is 1. The molecule has 0 saturated heterocycles. The summed E-state index contributed by atoms with van der Waals surface area (Å²) in [5.41, 5.74) is 0.431. The highest BCUT2D eigenvalue weighted by Gasteiger charge is 2.30. The normalized spacial score (nSPS) is 11.5. The van der Waals surface area contributed by atoms with E-state index in [0.29, 0.717) is 22.8 Å². The average Bonchev–Trinajstić information content (AvgIpc) is 2.85. The smallest absolute Gasteiger partial charge is 0.343 e. The Morgan fingerprint density at radius 3 is 2.29 bits per heavy atom. The summed E-state index contributed by atoms with van der Waals surface area (Å²) in [6, 6.07) is 12.0. The molecule has 186 valence electrons. The second-order valence-electron chi connectivity index (χ2n) is 7.71. The number of ether oxygens (including phenoxy) is 4. The standard InChI is InChI=1S/C26H29NO8/c1-15-12-19(28)23(26(30)35-15)18(17-10-11-21(32-3)25(34-5)24(17)33-4)13-22(29)27-14-16-8-6-7-9-20(16)31-2/h6-12,18,28H,13-14H2,1-5H3,(H,27,29). The van der Waals surface area contributed by atoms with Gasteiger partial charge in [0.15, 0.2) is 11.5 Å². The quantitative estimate of drug-likeness (QED) is 0.450. The fraction of sp³-hybridized carbons (Fsp3) is 0.308. The molecule has 3 aromatic rings. The molecule has 0 radical (unpaired) electrons. The Bertz CT molecular complexity index is 1250. The predicted molar refractivity (Wildman–Crippen MR) is 129 cm³/mol. The van der Waals surface area contributed by atoms with Gasteiger partial charge < -0.3 is 33.8 Å². The van der Waals surface area contributed by atoms with Gasteiger partial charge in [0.1, 0.15) is 17.3 Å². The maximum atomic E-state index is 13.1. The third-order valence-corrected chi connectivity index (χ3v) is 5.61. The van der Waals surface area contributed by atoms with E-state index in [1.165, 1.54) is 27.4 Å². The van der Waals surface area contributed by atoms with Gasteiger partial charge in [-0.2, -0.15) is 0 Å². The summed E-state index contributed by atoms with van der Waals surface area (Å²) in [4.78, 5) is 25.9. The Morgan fingerprint density at radius 2 is 1.66 bits per heavy atom. The highest BCUT2D eigenvalue weighted by molar-refractivity contribution is 5.78. The third kappa shape index (κ3) is 5.51. The highest BCUT2D eigenvalue weighted by atomic mass is 16.5. The van der Waals surface area contributed by atoms with Gasteiger partial charge in [0.05, 0.1) is 34.0 Å². The van der Waals surface area contributed by atoms with Crippen molar-refractivity contribution >= 4 is 5.91 Å². The van der Waals surface area contributed by atoms with Crippen LogP contribution in [0.15, 0.2) is 51.7 Å². The number of aryl methyl sites for hydroxylation is 1.